The first-order valence-corrected chi connectivity index (χ1v) is 5.46. The summed E-state index contributed by atoms with van der Waals surface area (Å²) in [7, 11) is 1.57. The molecule has 86 valence electrons. The lowest BCUT2D eigenvalue weighted by molar-refractivity contribution is -0.117. The van der Waals surface area contributed by atoms with Crippen LogP contribution < -0.4 is 15.8 Å². The van der Waals surface area contributed by atoms with Crippen LogP contribution in [0.5, 0.6) is 5.75 Å². The van der Waals surface area contributed by atoms with Crippen molar-refractivity contribution in [2.75, 3.05) is 12.9 Å². The van der Waals surface area contributed by atoms with Crippen molar-refractivity contribution in [3.05, 3.63) is 24.3 Å². The number of amides is 3. The number of nitrogens with two attached hydrogens (primary N) is 1. The lowest BCUT2D eigenvalue weighted by atomic mass is 10.3. The highest BCUT2D eigenvalue weighted by atomic mass is 32.2. The Bertz CT molecular complexity index is 395. The van der Waals surface area contributed by atoms with E-state index in [1.165, 1.54) is 11.8 Å². The molecule has 0 radical (unpaired) electrons. The Morgan fingerprint density at radius 1 is 1.50 bits per heavy atom. The van der Waals surface area contributed by atoms with Crippen LogP contribution in [0.15, 0.2) is 29.2 Å². The van der Waals surface area contributed by atoms with Crippen LogP contribution >= 0.6 is 11.8 Å². The zero-order chi connectivity index (χ0) is 12.0. The third-order valence-electron chi connectivity index (χ3n) is 1.67. The highest BCUT2D eigenvalue weighted by Crippen LogP contribution is 2.22. The van der Waals surface area contributed by atoms with E-state index in [9.17, 15) is 9.59 Å². The first kappa shape index (κ1) is 12.4. The van der Waals surface area contributed by atoms with Crippen LogP contribution in [0.1, 0.15) is 0 Å². The van der Waals surface area contributed by atoms with Gasteiger partial charge in [-0.2, -0.15) is 0 Å². The van der Waals surface area contributed by atoms with Gasteiger partial charge in [-0.1, -0.05) is 6.07 Å². The second-order valence-corrected chi connectivity index (χ2v) is 3.93. The quantitative estimate of drug-likeness (QED) is 0.769. The Kier molecular flexibility index (Phi) is 4.65. The maximum absolute atomic E-state index is 11.1. The molecule has 1 aromatic rings. The van der Waals surface area contributed by atoms with E-state index in [4.69, 9.17) is 10.5 Å². The normalized spacial score (nSPS) is 9.56. The molecule has 3 N–H and O–H groups in total. The van der Waals surface area contributed by atoms with Crippen molar-refractivity contribution in [2.24, 2.45) is 5.73 Å². The van der Waals surface area contributed by atoms with Gasteiger partial charge in [0.25, 0.3) is 0 Å². The molecule has 0 aliphatic rings. The molecule has 1 aromatic carbocycles. The van der Waals surface area contributed by atoms with Gasteiger partial charge in [0.1, 0.15) is 5.75 Å². The molecule has 0 aliphatic carbocycles. The van der Waals surface area contributed by atoms with E-state index in [1.807, 2.05) is 29.6 Å². The van der Waals surface area contributed by atoms with Gasteiger partial charge in [-0.05, 0) is 18.2 Å². The summed E-state index contributed by atoms with van der Waals surface area (Å²) in [4.78, 5) is 22.4. The molecule has 0 heterocycles. The number of rotatable bonds is 4. The molecule has 0 atom stereocenters. The smallest absolute Gasteiger partial charge is 0.318 e. The molecule has 16 heavy (non-hydrogen) atoms. The second-order valence-electron chi connectivity index (χ2n) is 2.88. The Hall–Kier alpha value is -1.69. The Labute approximate surface area is 97.3 Å². The largest absolute Gasteiger partial charge is 0.497 e. The Morgan fingerprint density at radius 2 is 2.25 bits per heavy atom. The summed E-state index contributed by atoms with van der Waals surface area (Å²) in [5, 5.41) is 1.99. The van der Waals surface area contributed by atoms with Crippen molar-refractivity contribution in [1.29, 1.82) is 0 Å². The molecule has 0 saturated heterocycles. The fraction of sp³-hybridized carbons (Fsp3) is 0.200. The number of methoxy groups -OCH3 is 1. The summed E-state index contributed by atoms with van der Waals surface area (Å²) in [5.74, 6) is 0.441. The van der Waals surface area contributed by atoms with Gasteiger partial charge in [-0.3, -0.25) is 10.1 Å². The molecule has 0 bridgehead atoms. The molecule has 0 fully saturated rings. The second kappa shape index (κ2) is 6.02. The number of carbonyl (C=O) groups excluding carboxylic acids is 2. The standard InChI is InChI=1S/C10H12N2O3S/c1-15-7-3-2-4-8(5-7)16-6-9(13)12-10(11)14/h2-5H,6H2,1H3,(H3,11,12,13,14). The number of nitrogens with one attached hydrogen (secondary N) is 1. The first-order valence-electron chi connectivity index (χ1n) is 4.48. The topological polar surface area (TPSA) is 81.4 Å². The first-order chi connectivity index (χ1) is 7.61. The monoisotopic (exact) mass is 240 g/mol. The number of urea groups is 1. The Morgan fingerprint density at radius 3 is 2.88 bits per heavy atom. The van der Waals surface area contributed by atoms with Gasteiger partial charge < -0.3 is 10.5 Å². The van der Waals surface area contributed by atoms with Crippen LogP contribution in [0.25, 0.3) is 0 Å². The molecule has 0 saturated carbocycles. The van der Waals surface area contributed by atoms with Crippen molar-refractivity contribution >= 4 is 23.7 Å². The van der Waals surface area contributed by atoms with Crippen LogP contribution in [0.3, 0.4) is 0 Å². The minimum absolute atomic E-state index is 0.135. The fourth-order valence-corrected chi connectivity index (χ4v) is 1.76. The number of benzene rings is 1. The highest BCUT2D eigenvalue weighted by molar-refractivity contribution is 8.00. The zero-order valence-corrected chi connectivity index (χ0v) is 9.54. The summed E-state index contributed by atoms with van der Waals surface area (Å²) < 4.78 is 5.04. The van der Waals surface area contributed by atoms with Gasteiger partial charge in [0.2, 0.25) is 5.91 Å². The van der Waals surface area contributed by atoms with E-state index < -0.39 is 11.9 Å². The van der Waals surface area contributed by atoms with E-state index in [0.29, 0.717) is 0 Å². The van der Waals surface area contributed by atoms with Gasteiger partial charge in [0.15, 0.2) is 0 Å². The van der Waals surface area contributed by atoms with E-state index >= 15 is 0 Å². The maximum atomic E-state index is 11.1. The fourth-order valence-electron chi connectivity index (χ4n) is 1.01. The molecule has 0 aromatic heterocycles. The average Bonchev–Trinajstić information content (AvgIpc) is 2.26. The summed E-state index contributed by atoms with van der Waals surface area (Å²) >= 11 is 1.30. The number of hydrogen-bond acceptors (Lipinski definition) is 4. The number of hydrogen-bond donors (Lipinski definition) is 2. The number of thioether (sulfide) groups is 1. The van der Waals surface area contributed by atoms with Gasteiger partial charge in [0.05, 0.1) is 12.9 Å². The van der Waals surface area contributed by atoms with Gasteiger partial charge >= 0.3 is 6.03 Å². The van der Waals surface area contributed by atoms with Crippen LogP contribution in [0.4, 0.5) is 4.79 Å². The minimum Gasteiger partial charge on any atom is -0.497 e. The molecular weight excluding hydrogens is 228 g/mol. The molecule has 0 aliphatic heterocycles. The maximum Gasteiger partial charge on any atom is 0.318 e. The van der Waals surface area contributed by atoms with Gasteiger partial charge in [-0.25, -0.2) is 4.79 Å². The van der Waals surface area contributed by atoms with E-state index in [2.05, 4.69) is 0 Å². The number of carbonyl (C=O) groups is 2. The molecule has 1 rings (SSSR count). The highest BCUT2D eigenvalue weighted by Gasteiger charge is 2.05. The third kappa shape index (κ3) is 4.22. The lowest BCUT2D eigenvalue weighted by Crippen LogP contribution is -2.36. The summed E-state index contributed by atoms with van der Waals surface area (Å²) in [5.41, 5.74) is 4.81. The van der Waals surface area contributed by atoms with Crippen molar-refractivity contribution in [1.82, 2.24) is 5.32 Å². The third-order valence-corrected chi connectivity index (χ3v) is 2.67. The van der Waals surface area contributed by atoms with Crippen LogP contribution in [0.2, 0.25) is 0 Å². The zero-order valence-electron chi connectivity index (χ0n) is 8.73. The molecular formula is C10H12N2O3S. The molecule has 0 spiro atoms. The van der Waals surface area contributed by atoms with E-state index in [0.717, 1.165) is 10.6 Å². The summed E-state index contributed by atoms with van der Waals surface area (Å²) in [6, 6.07) is 6.46. The van der Waals surface area contributed by atoms with Crippen LogP contribution in [-0.4, -0.2) is 24.8 Å². The molecule has 3 amide bonds. The summed E-state index contributed by atoms with van der Waals surface area (Å²) in [6.45, 7) is 0. The summed E-state index contributed by atoms with van der Waals surface area (Å²) in [6.07, 6.45) is 0. The van der Waals surface area contributed by atoms with E-state index in [1.54, 1.807) is 7.11 Å². The van der Waals surface area contributed by atoms with Crippen molar-refractivity contribution in [3.63, 3.8) is 0 Å². The van der Waals surface area contributed by atoms with Crippen molar-refractivity contribution < 1.29 is 14.3 Å². The Balaban J connectivity index is 2.47. The minimum atomic E-state index is -0.837. The van der Waals surface area contributed by atoms with Crippen LogP contribution in [0, 0.1) is 0 Å². The number of ether oxygens (including phenoxy) is 1. The van der Waals surface area contributed by atoms with Gasteiger partial charge in [0, 0.05) is 4.90 Å². The molecule has 5 nitrogen and oxygen atoms in total. The van der Waals surface area contributed by atoms with Crippen molar-refractivity contribution in [3.8, 4) is 5.75 Å². The lowest BCUT2D eigenvalue weighted by Gasteiger charge is -2.03. The predicted octanol–water partition coefficient (Wildman–Crippen LogP) is 0.982. The average molecular weight is 240 g/mol. The van der Waals surface area contributed by atoms with Crippen molar-refractivity contribution in [2.45, 2.75) is 4.90 Å². The SMILES string of the molecule is COc1cccc(SCC(=O)NC(N)=O)c1. The number of imide groups is 1. The molecule has 6 heteroatoms. The molecule has 0 unspecified atom stereocenters. The van der Waals surface area contributed by atoms with Crippen LogP contribution in [-0.2, 0) is 4.79 Å². The van der Waals surface area contributed by atoms with Gasteiger partial charge in [-0.15, -0.1) is 11.8 Å². The van der Waals surface area contributed by atoms with E-state index in [-0.39, 0.29) is 5.75 Å². The predicted molar refractivity (Wildman–Crippen MR) is 61.4 cm³/mol. The number of primary amides is 1.